The average Bonchev–Trinajstić information content (AvgIpc) is 2.12. The molecule has 0 aromatic heterocycles. The molecular weight excluding hydrogens is 220 g/mol. The van der Waals surface area contributed by atoms with Crippen LogP contribution in [0, 0.1) is 20.8 Å². The van der Waals surface area contributed by atoms with Gasteiger partial charge in [-0.2, -0.15) is 0 Å². The third kappa shape index (κ3) is 2.85. The Labute approximate surface area is 98.6 Å². The van der Waals surface area contributed by atoms with Crippen LogP contribution in [0.15, 0.2) is 17.0 Å². The number of unbranched alkanes of at least 4 members (excludes halogenated alkanes) is 1. The predicted molar refractivity (Wildman–Crippen MR) is 67.6 cm³/mol. The zero-order valence-corrected chi connectivity index (χ0v) is 11.3. The number of aryl methyl sites for hydroxylation is 3. The first kappa shape index (κ1) is 13.2. The zero-order chi connectivity index (χ0) is 12.3. The van der Waals surface area contributed by atoms with E-state index in [2.05, 4.69) is 0 Å². The maximum Gasteiger partial charge on any atom is 0.178 e. The smallest absolute Gasteiger partial charge is 0.178 e. The summed E-state index contributed by atoms with van der Waals surface area (Å²) >= 11 is 0. The highest BCUT2D eigenvalue weighted by Crippen LogP contribution is 2.23. The lowest BCUT2D eigenvalue weighted by Crippen LogP contribution is -2.10. The summed E-state index contributed by atoms with van der Waals surface area (Å²) < 4.78 is 24.3. The van der Waals surface area contributed by atoms with Crippen molar-refractivity contribution < 1.29 is 8.42 Å². The largest absolute Gasteiger partial charge is 0.224 e. The van der Waals surface area contributed by atoms with Crippen LogP contribution in [-0.2, 0) is 9.84 Å². The van der Waals surface area contributed by atoms with Gasteiger partial charge in [-0.1, -0.05) is 31.0 Å². The highest BCUT2D eigenvalue weighted by molar-refractivity contribution is 7.91. The van der Waals surface area contributed by atoms with Gasteiger partial charge in [-0.25, -0.2) is 8.42 Å². The van der Waals surface area contributed by atoms with E-state index in [0.717, 1.165) is 29.5 Å². The molecule has 0 bridgehead atoms. The van der Waals surface area contributed by atoms with Gasteiger partial charge in [0.2, 0.25) is 0 Å². The van der Waals surface area contributed by atoms with Crippen molar-refractivity contribution in [3.05, 3.63) is 28.8 Å². The maximum atomic E-state index is 12.1. The Bertz CT molecular complexity index is 450. The molecule has 90 valence electrons. The van der Waals surface area contributed by atoms with Gasteiger partial charge >= 0.3 is 0 Å². The van der Waals surface area contributed by atoms with Crippen molar-refractivity contribution in [3.8, 4) is 0 Å². The molecule has 0 heterocycles. The van der Waals surface area contributed by atoms with E-state index in [4.69, 9.17) is 0 Å². The number of hydrogen-bond acceptors (Lipinski definition) is 2. The minimum absolute atomic E-state index is 0.258. The van der Waals surface area contributed by atoms with E-state index in [1.807, 2.05) is 39.8 Å². The first-order valence-corrected chi connectivity index (χ1v) is 7.34. The van der Waals surface area contributed by atoms with Crippen molar-refractivity contribution in [2.45, 2.75) is 45.4 Å². The van der Waals surface area contributed by atoms with Crippen LogP contribution in [0.5, 0.6) is 0 Å². The normalized spacial score (nSPS) is 11.8. The monoisotopic (exact) mass is 240 g/mol. The van der Waals surface area contributed by atoms with E-state index < -0.39 is 9.84 Å². The fraction of sp³-hybridized carbons (Fsp3) is 0.538. The lowest BCUT2D eigenvalue weighted by atomic mass is 10.1. The van der Waals surface area contributed by atoms with Crippen LogP contribution in [0.25, 0.3) is 0 Å². The number of benzene rings is 1. The van der Waals surface area contributed by atoms with Gasteiger partial charge in [-0.15, -0.1) is 0 Å². The second kappa shape index (κ2) is 5.00. The number of rotatable bonds is 4. The lowest BCUT2D eigenvalue weighted by molar-refractivity contribution is 0.591. The molecular formula is C13H20O2S. The van der Waals surface area contributed by atoms with Gasteiger partial charge in [-0.05, 0) is 38.3 Å². The van der Waals surface area contributed by atoms with E-state index in [-0.39, 0.29) is 5.75 Å². The minimum atomic E-state index is -3.10. The van der Waals surface area contributed by atoms with Crippen LogP contribution >= 0.6 is 0 Å². The number of sulfone groups is 1. The van der Waals surface area contributed by atoms with Crippen molar-refractivity contribution in [3.63, 3.8) is 0 Å². The maximum absolute atomic E-state index is 12.1. The van der Waals surface area contributed by atoms with Gasteiger partial charge in [0.1, 0.15) is 0 Å². The molecule has 16 heavy (non-hydrogen) atoms. The molecule has 0 saturated carbocycles. The minimum Gasteiger partial charge on any atom is -0.224 e. The van der Waals surface area contributed by atoms with Crippen LogP contribution < -0.4 is 0 Å². The Kier molecular flexibility index (Phi) is 4.14. The molecule has 0 atom stereocenters. The van der Waals surface area contributed by atoms with Gasteiger partial charge < -0.3 is 0 Å². The van der Waals surface area contributed by atoms with Gasteiger partial charge in [-0.3, -0.25) is 0 Å². The topological polar surface area (TPSA) is 34.1 Å². The van der Waals surface area contributed by atoms with Crippen molar-refractivity contribution in [1.82, 2.24) is 0 Å². The second-order valence-electron chi connectivity index (χ2n) is 4.40. The van der Waals surface area contributed by atoms with Crippen LogP contribution in [0.3, 0.4) is 0 Å². The van der Waals surface area contributed by atoms with Crippen LogP contribution in [0.4, 0.5) is 0 Å². The summed E-state index contributed by atoms with van der Waals surface area (Å²) in [5.74, 6) is 0.258. The predicted octanol–water partition coefficient (Wildman–Crippen LogP) is 3.19. The van der Waals surface area contributed by atoms with Gasteiger partial charge in [0.05, 0.1) is 10.6 Å². The second-order valence-corrected chi connectivity index (χ2v) is 6.45. The first-order valence-electron chi connectivity index (χ1n) is 5.69. The van der Waals surface area contributed by atoms with E-state index in [1.54, 1.807) is 0 Å². The summed E-state index contributed by atoms with van der Waals surface area (Å²) in [4.78, 5) is 0.534. The molecule has 1 rings (SSSR count). The summed E-state index contributed by atoms with van der Waals surface area (Å²) in [5, 5.41) is 0. The lowest BCUT2D eigenvalue weighted by Gasteiger charge is -2.11. The Balaban J connectivity index is 3.23. The molecule has 0 amide bonds. The fourth-order valence-corrected chi connectivity index (χ4v) is 4.07. The molecule has 0 saturated heterocycles. The molecule has 1 aromatic rings. The summed E-state index contributed by atoms with van der Waals surface area (Å²) in [6.07, 6.45) is 1.64. The molecule has 0 aliphatic rings. The van der Waals surface area contributed by atoms with Crippen LogP contribution in [0.1, 0.15) is 36.5 Å². The van der Waals surface area contributed by atoms with E-state index in [9.17, 15) is 8.42 Å². The van der Waals surface area contributed by atoms with Gasteiger partial charge in [0, 0.05) is 0 Å². The van der Waals surface area contributed by atoms with Crippen molar-refractivity contribution in [1.29, 1.82) is 0 Å². The molecule has 0 fully saturated rings. The summed E-state index contributed by atoms with van der Waals surface area (Å²) in [6, 6.07) is 3.87. The van der Waals surface area contributed by atoms with E-state index >= 15 is 0 Å². The molecule has 3 heteroatoms. The summed E-state index contributed by atoms with van der Waals surface area (Å²) in [5.41, 5.74) is 2.85. The summed E-state index contributed by atoms with van der Waals surface area (Å²) in [7, 11) is -3.10. The molecule has 1 aromatic carbocycles. The van der Waals surface area contributed by atoms with Crippen molar-refractivity contribution in [2.75, 3.05) is 5.75 Å². The zero-order valence-electron chi connectivity index (χ0n) is 10.5. The van der Waals surface area contributed by atoms with E-state index in [1.165, 1.54) is 0 Å². The van der Waals surface area contributed by atoms with E-state index in [0.29, 0.717) is 4.90 Å². The van der Waals surface area contributed by atoms with Crippen LogP contribution in [0.2, 0.25) is 0 Å². The Hall–Kier alpha value is -0.830. The molecule has 0 N–H and O–H groups in total. The molecule has 0 unspecified atom stereocenters. The molecule has 0 radical (unpaired) electrons. The fourth-order valence-electron chi connectivity index (χ4n) is 2.09. The highest BCUT2D eigenvalue weighted by atomic mass is 32.2. The van der Waals surface area contributed by atoms with Gasteiger partial charge in [0.25, 0.3) is 0 Å². The third-order valence-electron chi connectivity index (χ3n) is 2.68. The van der Waals surface area contributed by atoms with Crippen molar-refractivity contribution >= 4 is 9.84 Å². The molecule has 2 nitrogen and oxygen atoms in total. The van der Waals surface area contributed by atoms with Gasteiger partial charge in [0.15, 0.2) is 9.84 Å². The summed E-state index contributed by atoms with van der Waals surface area (Å²) in [6.45, 7) is 7.74. The Morgan fingerprint density at radius 3 is 2.00 bits per heavy atom. The average molecular weight is 240 g/mol. The van der Waals surface area contributed by atoms with Crippen LogP contribution in [-0.4, -0.2) is 14.2 Å². The van der Waals surface area contributed by atoms with Crippen molar-refractivity contribution in [2.24, 2.45) is 0 Å². The Morgan fingerprint density at radius 1 is 1.06 bits per heavy atom. The quantitative estimate of drug-likeness (QED) is 0.810. The number of hydrogen-bond donors (Lipinski definition) is 0. The highest BCUT2D eigenvalue weighted by Gasteiger charge is 2.18. The Morgan fingerprint density at radius 2 is 1.56 bits per heavy atom. The molecule has 0 spiro atoms. The first-order chi connectivity index (χ1) is 7.38. The standard InChI is InChI=1S/C13H20O2S/c1-5-6-7-16(14,15)13-11(3)8-10(2)9-12(13)4/h8-9H,5-7H2,1-4H3. The molecule has 0 aliphatic heterocycles. The SMILES string of the molecule is CCCCS(=O)(=O)c1c(C)cc(C)cc1C. The molecule has 0 aliphatic carbocycles. The third-order valence-corrected chi connectivity index (χ3v) is 4.77.